The maximum Gasteiger partial charge on any atom is 0.239 e. The number of halogens is 3. The molecule has 1 aliphatic rings. The second-order valence-electron chi connectivity index (χ2n) is 3.89. The second kappa shape index (κ2) is 5.91. The van der Waals surface area contributed by atoms with E-state index in [-0.39, 0.29) is 24.4 Å². The first-order chi connectivity index (χ1) is 7.58. The van der Waals surface area contributed by atoms with Crippen molar-refractivity contribution >= 4 is 41.5 Å². The van der Waals surface area contributed by atoms with E-state index < -0.39 is 0 Å². The molecule has 94 valence electrons. The molecular formula is C11H13Cl3N2O. The maximum absolute atomic E-state index is 11.6. The number of benzene rings is 1. The van der Waals surface area contributed by atoms with E-state index in [2.05, 4.69) is 0 Å². The Balaban J connectivity index is 0.00000144. The minimum absolute atomic E-state index is 0. The summed E-state index contributed by atoms with van der Waals surface area (Å²) in [6.45, 7) is 1.20. The highest BCUT2D eigenvalue weighted by Gasteiger charge is 2.28. The number of amides is 1. The van der Waals surface area contributed by atoms with Crippen LogP contribution in [0.2, 0.25) is 10.0 Å². The smallest absolute Gasteiger partial charge is 0.239 e. The van der Waals surface area contributed by atoms with Crippen LogP contribution in [0.4, 0.5) is 0 Å². The lowest BCUT2D eigenvalue weighted by Crippen LogP contribution is -2.33. The molecule has 2 rings (SSSR count). The Labute approximate surface area is 116 Å². The van der Waals surface area contributed by atoms with Gasteiger partial charge in [-0.1, -0.05) is 29.3 Å². The summed E-state index contributed by atoms with van der Waals surface area (Å²) >= 11 is 11.8. The molecule has 2 N–H and O–H groups in total. The summed E-state index contributed by atoms with van der Waals surface area (Å²) in [5.74, 6) is -0.00832. The van der Waals surface area contributed by atoms with Crippen molar-refractivity contribution in [3.8, 4) is 0 Å². The van der Waals surface area contributed by atoms with Crippen molar-refractivity contribution < 1.29 is 4.79 Å². The number of hydrogen-bond acceptors (Lipinski definition) is 2. The van der Waals surface area contributed by atoms with Crippen LogP contribution in [0, 0.1) is 0 Å². The number of carbonyl (C=O) groups is 1. The summed E-state index contributed by atoms with van der Waals surface area (Å²) in [4.78, 5) is 13.3. The predicted octanol–water partition coefficient (Wildman–Crippen LogP) is 2.47. The van der Waals surface area contributed by atoms with E-state index in [1.54, 1.807) is 17.0 Å². The topological polar surface area (TPSA) is 46.3 Å². The van der Waals surface area contributed by atoms with Gasteiger partial charge in [0.05, 0.1) is 6.04 Å². The predicted molar refractivity (Wildman–Crippen MR) is 71.7 cm³/mol. The third-order valence-corrected chi connectivity index (χ3v) is 3.30. The number of likely N-dealkylation sites (tertiary alicyclic amines) is 1. The molecule has 6 heteroatoms. The Kier molecular flexibility index (Phi) is 5.07. The summed E-state index contributed by atoms with van der Waals surface area (Å²) in [5.41, 5.74) is 6.54. The highest BCUT2D eigenvalue weighted by Crippen LogP contribution is 2.23. The van der Waals surface area contributed by atoms with Gasteiger partial charge in [0.15, 0.2) is 0 Å². The average molecular weight is 296 g/mol. The lowest BCUT2D eigenvalue weighted by molar-refractivity contribution is -0.129. The molecule has 1 aliphatic heterocycles. The minimum atomic E-state index is -0.355. The fraction of sp³-hybridized carbons (Fsp3) is 0.364. The molecule has 0 aromatic heterocycles. The van der Waals surface area contributed by atoms with Crippen LogP contribution in [0.1, 0.15) is 12.0 Å². The Morgan fingerprint density at radius 1 is 1.41 bits per heavy atom. The Morgan fingerprint density at radius 3 is 2.65 bits per heavy atom. The van der Waals surface area contributed by atoms with E-state index >= 15 is 0 Å². The van der Waals surface area contributed by atoms with Crippen LogP contribution < -0.4 is 5.73 Å². The SMILES string of the molecule is Cl.NC1CCN(Cc2ccc(Cl)cc2Cl)C1=O. The standard InChI is InChI=1S/C11H12Cl2N2O.ClH/c12-8-2-1-7(9(13)5-8)6-15-4-3-10(14)11(15)16;/h1-2,5,10H,3-4,6,14H2;1H. The molecule has 1 aromatic carbocycles. The highest BCUT2D eigenvalue weighted by atomic mass is 35.5. The minimum Gasteiger partial charge on any atom is -0.337 e. The zero-order valence-corrected chi connectivity index (χ0v) is 11.4. The molecule has 0 spiro atoms. The molecule has 3 nitrogen and oxygen atoms in total. The van der Waals surface area contributed by atoms with Gasteiger partial charge in [0.2, 0.25) is 5.91 Å². The first kappa shape index (κ1) is 14.6. The number of hydrogen-bond donors (Lipinski definition) is 1. The monoisotopic (exact) mass is 294 g/mol. The van der Waals surface area contributed by atoms with Gasteiger partial charge in [-0.15, -0.1) is 12.4 Å². The molecular weight excluding hydrogens is 282 g/mol. The summed E-state index contributed by atoms with van der Waals surface area (Å²) < 4.78 is 0. The van der Waals surface area contributed by atoms with E-state index in [4.69, 9.17) is 28.9 Å². The Bertz CT molecular complexity index is 425. The van der Waals surface area contributed by atoms with Gasteiger partial charge in [-0.25, -0.2) is 0 Å². The number of nitrogens with two attached hydrogens (primary N) is 1. The van der Waals surface area contributed by atoms with Gasteiger partial charge in [0.25, 0.3) is 0 Å². The van der Waals surface area contributed by atoms with Crippen molar-refractivity contribution in [1.82, 2.24) is 4.90 Å². The van der Waals surface area contributed by atoms with Gasteiger partial charge < -0.3 is 10.6 Å². The molecule has 1 unspecified atom stereocenters. The average Bonchev–Trinajstić information content (AvgIpc) is 2.54. The third-order valence-electron chi connectivity index (χ3n) is 2.72. The molecule has 17 heavy (non-hydrogen) atoms. The molecule has 0 bridgehead atoms. The van der Waals surface area contributed by atoms with Crippen LogP contribution in [0.5, 0.6) is 0 Å². The van der Waals surface area contributed by atoms with Crippen LogP contribution in [-0.2, 0) is 11.3 Å². The molecule has 1 aromatic rings. The lowest BCUT2D eigenvalue weighted by atomic mass is 10.2. The summed E-state index contributed by atoms with van der Waals surface area (Å²) in [5, 5.41) is 1.18. The first-order valence-corrected chi connectivity index (χ1v) is 5.82. The maximum atomic E-state index is 11.6. The van der Waals surface area contributed by atoms with E-state index in [1.165, 1.54) is 0 Å². The summed E-state index contributed by atoms with van der Waals surface area (Å²) in [6.07, 6.45) is 0.712. The molecule has 0 saturated carbocycles. The second-order valence-corrected chi connectivity index (χ2v) is 4.73. The zero-order valence-electron chi connectivity index (χ0n) is 9.03. The number of rotatable bonds is 2. The van der Waals surface area contributed by atoms with E-state index in [1.807, 2.05) is 6.07 Å². The van der Waals surface area contributed by atoms with Gasteiger partial charge in [-0.05, 0) is 24.1 Å². The van der Waals surface area contributed by atoms with Crippen LogP contribution in [0.15, 0.2) is 18.2 Å². The fourth-order valence-corrected chi connectivity index (χ4v) is 2.24. The van der Waals surface area contributed by atoms with Gasteiger partial charge in [0, 0.05) is 23.1 Å². The molecule has 1 saturated heterocycles. The van der Waals surface area contributed by atoms with Crippen LogP contribution in [0.25, 0.3) is 0 Å². The Morgan fingerprint density at radius 2 is 2.12 bits per heavy atom. The van der Waals surface area contributed by atoms with Crippen molar-refractivity contribution in [2.75, 3.05) is 6.54 Å². The molecule has 1 heterocycles. The van der Waals surface area contributed by atoms with Crippen molar-refractivity contribution in [2.24, 2.45) is 5.73 Å². The van der Waals surface area contributed by atoms with E-state index in [9.17, 15) is 4.79 Å². The normalized spacial score (nSPS) is 19.4. The van der Waals surface area contributed by atoms with Crippen molar-refractivity contribution in [3.63, 3.8) is 0 Å². The molecule has 1 amide bonds. The largest absolute Gasteiger partial charge is 0.337 e. The van der Waals surface area contributed by atoms with Gasteiger partial charge >= 0.3 is 0 Å². The number of carbonyl (C=O) groups excluding carboxylic acids is 1. The molecule has 0 radical (unpaired) electrons. The van der Waals surface area contributed by atoms with Gasteiger partial charge in [-0.2, -0.15) is 0 Å². The molecule has 1 atom stereocenters. The van der Waals surface area contributed by atoms with Crippen molar-refractivity contribution in [1.29, 1.82) is 0 Å². The summed E-state index contributed by atoms with van der Waals surface area (Å²) in [6, 6.07) is 4.93. The van der Waals surface area contributed by atoms with E-state index in [0.717, 1.165) is 5.56 Å². The van der Waals surface area contributed by atoms with Crippen molar-refractivity contribution in [2.45, 2.75) is 19.0 Å². The molecule has 0 aliphatic carbocycles. The first-order valence-electron chi connectivity index (χ1n) is 5.06. The van der Waals surface area contributed by atoms with Crippen molar-refractivity contribution in [3.05, 3.63) is 33.8 Å². The van der Waals surface area contributed by atoms with Crippen LogP contribution in [0.3, 0.4) is 0 Å². The lowest BCUT2D eigenvalue weighted by Gasteiger charge is -2.16. The Hall–Kier alpha value is -0.480. The molecule has 1 fully saturated rings. The fourth-order valence-electron chi connectivity index (χ4n) is 1.78. The summed E-state index contributed by atoms with van der Waals surface area (Å²) in [7, 11) is 0. The van der Waals surface area contributed by atoms with E-state index in [0.29, 0.717) is 29.6 Å². The van der Waals surface area contributed by atoms with Crippen LogP contribution >= 0.6 is 35.6 Å². The highest BCUT2D eigenvalue weighted by molar-refractivity contribution is 6.35. The zero-order chi connectivity index (χ0) is 11.7. The van der Waals surface area contributed by atoms with Gasteiger partial charge in [0.1, 0.15) is 0 Å². The number of nitrogens with zero attached hydrogens (tertiary/aromatic N) is 1. The quantitative estimate of drug-likeness (QED) is 0.911. The van der Waals surface area contributed by atoms with Gasteiger partial charge in [-0.3, -0.25) is 4.79 Å². The van der Waals surface area contributed by atoms with Crippen LogP contribution in [-0.4, -0.2) is 23.4 Å². The third kappa shape index (κ3) is 3.26.